The number of thioether (sulfide) groups is 1. The summed E-state index contributed by atoms with van der Waals surface area (Å²) in [6.45, 7) is 11.2. The van der Waals surface area contributed by atoms with Gasteiger partial charge in [0.25, 0.3) is 0 Å². The monoisotopic (exact) mass is 417 g/mol. The molecule has 10 heteroatoms. The molecular weight excluding hydrogens is 390 g/mol. The first-order valence-corrected chi connectivity index (χ1v) is 9.61. The van der Waals surface area contributed by atoms with Gasteiger partial charge < -0.3 is 23.6 Å². The van der Waals surface area contributed by atoms with Crippen molar-refractivity contribution in [2.75, 3.05) is 0 Å². The standard InChI is InChI=1S/C18H27NO8S/c1-9(2)14(20)19-13(15(21)25-10(3)4)18(6,7)28-17(23)24-8-12-11(5)26-16(22)27-12/h9-10,13H,8H2,1-7H3,(H,19,20)/t13-/m0/s1. The molecule has 0 saturated heterocycles. The van der Waals surface area contributed by atoms with E-state index in [4.69, 9.17) is 18.3 Å². The van der Waals surface area contributed by atoms with Gasteiger partial charge in [0.15, 0.2) is 18.1 Å². The van der Waals surface area contributed by atoms with Crippen LogP contribution in [0.4, 0.5) is 4.79 Å². The van der Waals surface area contributed by atoms with Gasteiger partial charge >= 0.3 is 17.1 Å². The molecule has 1 rings (SSSR count). The first-order chi connectivity index (χ1) is 12.8. The molecule has 0 spiro atoms. The van der Waals surface area contributed by atoms with Crippen LogP contribution in [-0.4, -0.2) is 34.1 Å². The summed E-state index contributed by atoms with van der Waals surface area (Å²) >= 11 is 0.724. The number of carbonyl (C=O) groups excluding carboxylic acids is 3. The third kappa shape index (κ3) is 7.06. The molecule has 1 N–H and O–H groups in total. The number of ether oxygens (including phenoxy) is 2. The van der Waals surface area contributed by atoms with E-state index >= 15 is 0 Å². The lowest BCUT2D eigenvalue weighted by molar-refractivity contribution is -0.152. The second-order valence-corrected chi connectivity index (χ2v) is 8.85. The summed E-state index contributed by atoms with van der Waals surface area (Å²) in [6, 6.07) is -1.07. The Balaban J connectivity index is 2.86. The second-order valence-electron chi connectivity index (χ2n) is 7.26. The zero-order valence-electron chi connectivity index (χ0n) is 17.1. The Kier molecular flexibility index (Phi) is 8.34. The summed E-state index contributed by atoms with van der Waals surface area (Å²) in [6.07, 6.45) is -0.384. The molecule has 0 fully saturated rings. The predicted molar refractivity (Wildman–Crippen MR) is 102 cm³/mol. The Morgan fingerprint density at radius 3 is 2.21 bits per heavy atom. The van der Waals surface area contributed by atoms with Gasteiger partial charge in [-0.05, 0) is 46.4 Å². The molecule has 0 saturated carbocycles. The number of esters is 1. The van der Waals surface area contributed by atoms with Crippen LogP contribution in [0.3, 0.4) is 0 Å². The minimum atomic E-state index is -1.07. The van der Waals surface area contributed by atoms with Crippen LogP contribution in [-0.2, 0) is 25.7 Å². The van der Waals surface area contributed by atoms with Crippen molar-refractivity contribution in [2.45, 2.75) is 72.0 Å². The molecule has 0 unspecified atom stereocenters. The van der Waals surface area contributed by atoms with Gasteiger partial charge in [-0.15, -0.1) is 0 Å². The van der Waals surface area contributed by atoms with Crippen molar-refractivity contribution in [1.29, 1.82) is 0 Å². The van der Waals surface area contributed by atoms with Gasteiger partial charge in [-0.25, -0.2) is 14.4 Å². The van der Waals surface area contributed by atoms with Gasteiger partial charge in [0.1, 0.15) is 6.04 Å². The lowest BCUT2D eigenvalue weighted by atomic mass is 10.0. The molecule has 0 radical (unpaired) electrons. The van der Waals surface area contributed by atoms with Crippen LogP contribution in [0, 0.1) is 12.8 Å². The average molecular weight is 417 g/mol. The molecule has 0 aromatic carbocycles. The van der Waals surface area contributed by atoms with Gasteiger partial charge in [-0.3, -0.25) is 4.79 Å². The van der Waals surface area contributed by atoms with Crippen LogP contribution < -0.4 is 11.1 Å². The summed E-state index contributed by atoms with van der Waals surface area (Å²) in [4.78, 5) is 47.9. The van der Waals surface area contributed by atoms with E-state index < -0.39 is 27.9 Å². The first-order valence-electron chi connectivity index (χ1n) is 8.79. The van der Waals surface area contributed by atoms with E-state index in [1.807, 2.05) is 0 Å². The van der Waals surface area contributed by atoms with E-state index in [1.54, 1.807) is 41.5 Å². The zero-order valence-corrected chi connectivity index (χ0v) is 17.9. The third-order valence-electron chi connectivity index (χ3n) is 3.60. The fourth-order valence-electron chi connectivity index (χ4n) is 2.06. The number of amides is 1. The van der Waals surface area contributed by atoms with E-state index in [2.05, 4.69) is 5.32 Å². The van der Waals surface area contributed by atoms with Crippen LogP contribution in [0.2, 0.25) is 0 Å². The molecule has 1 atom stereocenters. The molecule has 0 aliphatic rings. The van der Waals surface area contributed by atoms with Crippen molar-refractivity contribution in [3.05, 3.63) is 22.1 Å². The molecule has 1 amide bonds. The minimum Gasteiger partial charge on any atom is -0.461 e. The van der Waals surface area contributed by atoms with Gasteiger partial charge in [0, 0.05) is 5.92 Å². The SMILES string of the molecule is Cc1oc(=O)oc1COC(=O)SC(C)(C)[C@@H](NC(=O)C(C)C)C(=O)OC(C)C. The highest BCUT2D eigenvalue weighted by Crippen LogP contribution is 2.31. The molecule has 0 aliphatic carbocycles. The topological polar surface area (TPSA) is 125 Å². The van der Waals surface area contributed by atoms with E-state index in [0.717, 1.165) is 11.8 Å². The van der Waals surface area contributed by atoms with Gasteiger partial charge in [0.05, 0.1) is 10.9 Å². The summed E-state index contributed by atoms with van der Waals surface area (Å²) in [5, 5.41) is 1.92. The van der Waals surface area contributed by atoms with Crippen LogP contribution in [0.1, 0.15) is 53.1 Å². The Hall–Kier alpha value is -2.23. The molecule has 1 aromatic rings. The molecule has 28 heavy (non-hydrogen) atoms. The summed E-state index contributed by atoms with van der Waals surface area (Å²) < 4.78 is 18.7. The van der Waals surface area contributed by atoms with E-state index in [9.17, 15) is 19.2 Å². The molecule has 9 nitrogen and oxygen atoms in total. The van der Waals surface area contributed by atoms with E-state index in [1.165, 1.54) is 6.92 Å². The minimum absolute atomic E-state index is 0.0978. The Bertz CT molecular complexity index is 762. The quantitative estimate of drug-likeness (QED) is 0.635. The van der Waals surface area contributed by atoms with E-state index in [-0.39, 0.29) is 36.1 Å². The summed E-state index contributed by atoms with van der Waals surface area (Å²) in [7, 11) is 0. The third-order valence-corrected chi connectivity index (χ3v) is 4.64. The normalized spacial score (nSPS) is 12.8. The molecular formula is C18H27NO8S. The Labute approximate surface area is 167 Å². The van der Waals surface area contributed by atoms with Crippen LogP contribution in [0.15, 0.2) is 13.6 Å². The lowest BCUT2D eigenvalue weighted by Crippen LogP contribution is -2.54. The summed E-state index contributed by atoms with van der Waals surface area (Å²) in [5.74, 6) is -1.92. The van der Waals surface area contributed by atoms with Crippen molar-refractivity contribution in [3.8, 4) is 0 Å². The van der Waals surface area contributed by atoms with Crippen molar-refractivity contribution in [1.82, 2.24) is 5.32 Å². The van der Waals surface area contributed by atoms with Crippen molar-refractivity contribution >= 4 is 28.9 Å². The van der Waals surface area contributed by atoms with Crippen molar-refractivity contribution in [2.24, 2.45) is 5.92 Å². The summed E-state index contributed by atoms with van der Waals surface area (Å²) in [5.41, 5.74) is 0. The maximum atomic E-state index is 12.5. The number of nitrogens with one attached hydrogen (secondary N) is 1. The van der Waals surface area contributed by atoms with Gasteiger partial charge in [0.2, 0.25) is 5.91 Å². The van der Waals surface area contributed by atoms with Crippen molar-refractivity contribution in [3.63, 3.8) is 0 Å². The number of hydrogen-bond donors (Lipinski definition) is 1. The largest absolute Gasteiger partial charge is 0.519 e. The fourth-order valence-corrected chi connectivity index (χ4v) is 2.88. The highest BCUT2D eigenvalue weighted by atomic mass is 32.2. The van der Waals surface area contributed by atoms with Crippen LogP contribution >= 0.6 is 11.8 Å². The second kappa shape index (κ2) is 9.81. The Morgan fingerprint density at radius 2 is 1.75 bits per heavy atom. The number of aryl methyl sites for hydroxylation is 1. The fraction of sp³-hybridized carbons (Fsp3) is 0.667. The molecule has 0 bridgehead atoms. The number of hydrogen-bond acceptors (Lipinski definition) is 9. The molecule has 0 aliphatic heterocycles. The Morgan fingerprint density at radius 1 is 1.14 bits per heavy atom. The van der Waals surface area contributed by atoms with Crippen LogP contribution in [0.5, 0.6) is 0 Å². The zero-order chi connectivity index (χ0) is 21.6. The maximum Gasteiger partial charge on any atom is 0.519 e. The first kappa shape index (κ1) is 23.8. The molecule has 158 valence electrons. The number of rotatable bonds is 8. The van der Waals surface area contributed by atoms with Gasteiger partial charge in [-0.2, -0.15) is 0 Å². The van der Waals surface area contributed by atoms with Gasteiger partial charge in [-0.1, -0.05) is 13.8 Å². The maximum absolute atomic E-state index is 12.5. The highest BCUT2D eigenvalue weighted by Gasteiger charge is 2.41. The molecule has 1 aromatic heterocycles. The van der Waals surface area contributed by atoms with Crippen LogP contribution in [0.25, 0.3) is 0 Å². The highest BCUT2D eigenvalue weighted by molar-refractivity contribution is 8.14. The van der Waals surface area contributed by atoms with Crippen molar-refractivity contribution < 1.29 is 32.7 Å². The number of carbonyl (C=O) groups is 3. The van der Waals surface area contributed by atoms with E-state index in [0.29, 0.717) is 0 Å². The lowest BCUT2D eigenvalue weighted by Gasteiger charge is -2.32. The smallest absolute Gasteiger partial charge is 0.461 e. The molecule has 1 heterocycles. The predicted octanol–water partition coefficient (Wildman–Crippen LogP) is 2.78. The average Bonchev–Trinajstić information content (AvgIpc) is 2.86.